The van der Waals surface area contributed by atoms with Crippen molar-refractivity contribution >= 4 is 74.6 Å². The zero-order chi connectivity index (χ0) is 46.4. The summed E-state index contributed by atoms with van der Waals surface area (Å²) >= 11 is 0. The molecule has 65 heavy (non-hydrogen) atoms. The zero-order valence-electron chi connectivity index (χ0n) is 35.1. The van der Waals surface area contributed by atoms with Gasteiger partial charge in [-0.1, -0.05) is 0 Å². The zero-order valence-corrected chi connectivity index (χ0v) is 35.1. The monoisotopic (exact) mass is 901 g/mol. The van der Waals surface area contributed by atoms with Gasteiger partial charge in [-0.05, 0) is 43.9 Å². The van der Waals surface area contributed by atoms with Crippen LogP contribution in [0.1, 0.15) is 58.5 Å². The number of piperazine rings is 2. The van der Waals surface area contributed by atoms with Crippen LogP contribution in [0, 0.1) is 11.6 Å². The van der Waals surface area contributed by atoms with E-state index in [4.69, 9.17) is 28.7 Å². The Morgan fingerprint density at radius 2 is 1.12 bits per heavy atom. The van der Waals surface area contributed by atoms with Crippen molar-refractivity contribution in [3.63, 3.8) is 0 Å². The molecule has 24 heteroatoms. The number of nitrogens with zero attached hydrogens (tertiary/aromatic N) is 10. The number of nitrogen functional groups attached to an aromatic ring is 1. The summed E-state index contributed by atoms with van der Waals surface area (Å²) in [6, 6.07) is 4.26. The Hall–Kier alpha value is -7.50. The Labute approximate surface area is 368 Å². The fourth-order valence-corrected chi connectivity index (χ4v) is 8.20. The summed E-state index contributed by atoms with van der Waals surface area (Å²) in [5.74, 6) is -4.52. The van der Waals surface area contributed by atoms with Gasteiger partial charge in [0.15, 0.2) is 17.7 Å². The minimum Gasteiger partial charge on any atom is -0.477 e. The van der Waals surface area contributed by atoms with Crippen LogP contribution in [0.2, 0.25) is 0 Å². The van der Waals surface area contributed by atoms with Crippen LogP contribution in [-0.2, 0) is 0 Å². The number of aliphatic hydroxyl groups is 1. The van der Waals surface area contributed by atoms with Crippen molar-refractivity contribution < 1.29 is 33.7 Å². The van der Waals surface area contributed by atoms with E-state index in [-0.39, 0.29) is 71.2 Å². The molecule has 0 amide bonds. The highest BCUT2D eigenvalue weighted by molar-refractivity contribution is 6.00. The topological polar surface area (TPSA) is 331 Å². The summed E-state index contributed by atoms with van der Waals surface area (Å²) in [5, 5.41) is 29.5. The third-order valence-electron chi connectivity index (χ3n) is 12.0. The van der Waals surface area contributed by atoms with E-state index in [1.54, 1.807) is 29.9 Å². The number of aromatic nitrogens is 2. The van der Waals surface area contributed by atoms with E-state index < -0.39 is 57.3 Å². The second-order valence-electron chi connectivity index (χ2n) is 16.4. The number of aromatic carboxylic acids is 2. The molecule has 1 atom stereocenters. The Bertz CT molecular complexity index is 2840. The molecule has 0 bridgehead atoms. The van der Waals surface area contributed by atoms with Crippen LogP contribution >= 0.6 is 0 Å². The van der Waals surface area contributed by atoms with E-state index in [9.17, 15) is 34.5 Å². The van der Waals surface area contributed by atoms with E-state index in [1.807, 2.05) is 4.90 Å². The van der Waals surface area contributed by atoms with Crippen molar-refractivity contribution in [2.75, 3.05) is 81.0 Å². The summed E-state index contributed by atoms with van der Waals surface area (Å²) in [6.07, 6.45) is 4.76. The van der Waals surface area contributed by atoms with Gasteiger partial charge in [-0.3, -0.25) is 9.59 Å². The molecule has 2 aromatic carbocycles. The Morgan fingerprint density at radius 3 is 1.60 bits per heavy atom. The first kappa shape index (κ1) is 44.1. The smallest absolute Gasteiger partial charge is 0.341 e. The predicted molar refractivity (Wildman–Crippen MR) is 241 cm³/mol. The normalized spacial score (nSPS) is 18.5. The highest BCUT2D eigenvalue weighted by atomic mass is 19.1. The summed E-state index contributed by atoms with van der Waals surface area (Å²) in [6.45, 7) is 2.25. The number of carboxylic acids is 2. The second-order valence-corrected chi connectivity index (χ2v) is 16.4. The van der Waals surface area contributed by atoms with Gasteiger partial charge in [0.05, 0.1) is 52.7 Å². The molecular weight excluding hydrogens is 853 g/mol. The van der Waals surface area contributed by atoms with E-state index in [2.05, 4.69) is 20.0 Å². The lowest BCUT2D eigenvalue weighted by Crippen LogP contribution is -2.51. The van der Waals surface area contributed by atoms with Gasteiger partial charge >= 0.3 is 11.9 Å². The maximum Gasteiger partial charge on any atom is 0.341 e. The molecule has 0 spiro atoms. The van der Waals surface area contributed by atoms with Crippen molar-refractivity contribution in [1.82, 2.24) is 18.9 Å². The Morgan fingerprint density at radius 1 is 0.677 bits per heavy atom. The molecule has 4 aliphatic rings. The fraction of sp³-hybridized carbons (Fsp3) is 0.415. The molecule has 2 saturated carbocycles. The van der Waals surface area contributed by atoms with Gasteiger partial charge < -0.3 is 72.7 Å². The summed E-state index contributed by atoms with van der Waals surface area (Å²) in [7, 11) is 0. The van der Waals surface area contributed by atoms with Crippen LogP contribution in [-0.4, -0.2) is 142 Å². The van der Waals surface area contributed by atoms with Gasteiger partial charge in [-0.2, -0.15) is 9.98 Å². The number of aliphatic imine (C=N–C) groups is 4. The molecule has 2 saturated heterocycles. The average Bonchev–Trinajstić information content (AvgIpc) is 4.22. The van der Waals surface area contributed by atoms with E-state index >= 15 is 8.78 Å². The predicted octanol–water partition coefficient (Wildman–Crippen LogP) is -0.193. The SMILES string of the molecule is NC(=NCC(O)CN=C(N)N=C(N)N1CCN(c2cc3c(c(N)c2F)c(=O)c(C(=O)O)cn3C2CC2)CC1)N=C(N)N1CCN(c2cc3c(cc2F)c(=O)c(C(=O)O)cn3C2CC2)CC1. The Balaban J connectivity index is 0.830. The number of halogens is 2. The van der Waals surface area contributed by atoms with Crippen LogP contribution in [0.4, 0.5) is 25.8 Å². The maximum atomic E-state index is 15.7. The van der Waals surface area contributed by atoms with Gasteiger partial charge in [0.25, 0.3) is 0 Å². The van der Waals surface area contributed by atoms with Gasteiger partial charge in [0.2, 0.25) is 22.8 Å². The number of guanidine groups is 4. The van der Waals surface area contributed by atoms with Crippen molar-refractivity contribution in [3.8, 4) is 0 Å². The molecule has 4 heterocycles. The molecule has 0 radical (unpaired) electrons. The van der Waals surface area contributed by atoms with Crippen LogP contribution in [0.5, 0.6) is 0 Å². The van der Waals surface area contributed by atoms with Gasteiger partial charge in [-0.15, -0.1) is 0 Å². The number of hydrogen-bond acceptors (Lipinski definition) is 10. The fourth-order valence-electron chi connectivity index (χ4n) is 8.20. The van der Waals surface area contributed by atoms with E-state index in [1.165, 1.54) is 18.5 Å². The van der Waals surface area contributed by atoms with Gasteiger partial charge in [0, 0.05) is 82.2 Å². The number of benzene rings is 2. The third kappa shape index (κ3) is 9.01. The molecule has 4 aromatic rings. The number of rotatable bonds is 10. The van der Waals surface area contributed by atoms with Crippen molar-refractivity contribution in [3.05, 3.63) is 73.8 Å². The number of hydrogen-bond donors (Lipinski definition) is 8. The summed E-state index contributed by atoms with van der Waals surface area (Å²) in [4.78, 5) is 72.8. The number of fused-ring (bicyclic) bond motifs is 2. The average molecular weight is 902 g/mol. The highest BCUT2D eigenvalue weighted by Crippen LogP contribution is 2.40. The molecule has 1 unspecified atom stereocenters. The largest absolute Gasteiger partial charge is 0.477 e. The number of carboxylic acid groups (broad SMARTS) is 2. The van der Waals surface area contributed by atoms with E-state index in [0.29, 0.717) is 63.4 Å². The molecule has 22 nitrogen and oxygen atoms in total. The first-order chi connectivity index (χ1) is 31.0. The molecule has 2 aliphatic heterocycles. The number of aliphatic hydroxyl groups excluding tert-OH is 1. The quantitative estimate of drug-likeness (QED) is 0.0581. The maximum absolute atomic E-state index is 15.7. The molecule has 344 valence electrons. The molecule has 4 fully saturated rings. The first-order valence-corrected chi connectivity index (χ1v) is 21.0. The minimum absolute atomic E-state index is 0.0151. The number of anilines is 3. The lowest BCUT2D eigenvalue weighted by Gasteiger charge is -2.37. The second kappa shape index (κ2) is 17.6. The lowest BCUT2D eigenvalue weighted by atomic mass is 10.1. The summed E-state index contributed by atoms with van der Waals surface area (Å²) in [5.41, 5.74) is 29.0. The molecule has 8 rings (SSSR count). The molecule has 2 aliphatic carbocycles. The van der Waals surface area contributed by atoms with Crippen molar-refractivity contribution in [2.45, 2.75) is 43.9 Å². The summed E-state index contributed by atoms with van der Waals surface area (Å²) < 4.78 is 34.6. The Kier molecular flexibility index (Phi) is 11.9. The molecular formula is C41H49F2N15O7. The number of nitrogens with two attached hydrogens (primary N) is 5. The molecule has 13 N–H and O–H groups in total. The highest BCUT2D eigenvalue weighted by Gasteiger charge is 2.32. The van der Waals surface area contributed by atoms with Crippen molar-refractivity contribution in [2.24, 2.45) is 42.9 Å². The van der Waals surface area contributed by atoms with Crippen LogP contribution in [0.3, 0.4) is 0 Å². The van der Waals surface area contributed by atoms with Crippen LogP contribution in [0.25, 0.3) is 21.8 Å². The van der Waals surface area contributed by atoms with Crippen LogP contribution < -0.4 is 49.3 Å². The number of pyridine rings is 2. The molecule has 2 aromatic heterocycles. The van der Waals surface area contributed by atoms with E-state index in [0.717, 1.165) is 31.7 Å². The standard InChI is InChI=1S/C41H49F2N15O7/c42-26-13-23-27(57(20-1-2-20)18-24(34(23)60)36(62)63)14-28(26)53-5-9-55(10-6-53)40(47)51-38(45)49-16-22(59)17-50-39(46)52-41(48)56-11-7-54(8-12-56)30-15-29-31(33(44)32(30)43)35(61)25(37(64)65)19-58(29)21-3-4-21/h13-15,18-22,59H,1-12,16-17,44H2,(H,62,63)(H,64,65)(H4,45,47,49,51)(H4,46,48,50,52). The first-order valence-electron chi connectivity index (χ1n) is 21.0. The number of carbonyl (C=O) groups is 2. The van der Waals surface area contributed by atoms with Crippen LogP contribution in [0.15, 0.2) is 60.2 Å². The van der Waals surface area contributed by atoms with Gasteiger partial charge in [0.1, 0.15) is 16.9 Å². The minimum atomic E-state index is -1.41. The lowest BCUT2D eigenvalue weighted by molar-refractivity contribution is 0.0684. The van der Waals surface area contributed by atoms with Crippen molar-refractivity contribution in [1.29, 1.82) is 0 Å². The van der Waals surface area contributed by atoms with Gasteiger partial charge in [-0.25, -0.2) is 28.4 Å². The third-order valence-corrected chi connectivity index (χ3v) is 12.0.